The first-order chi connectivity index (χ1) is 13.2. The van der Waals surface area contributed by atoms with E-state index >= 15 is 0 Å². The van der Waals surface area contributed by atoms with Gasteiger partial charge in [0.1, 0.15) is 5.41 Å². The Hall–Kier alpha value is -2.33. The molecule has 1 fully saturated rings. The Labute approximate surface area is 171 Å². The lowest BCUT2D eigenvalue weighted by molar-refractivity contribution is -0.134. The number of hydrogen-bond donors (Lipinski definition) is 2. The van der Waals surface area contributed by atoms with Gasteiger partial charge in [-0.15, -0.1) is 0 Å². The van der Waals surface area contributed by atoms with E-state index in [0.717, 1.165) is 16.8 Å². The fourth-order valence-corrected chi connectivity index (χ4v) is 3.57. The molecule has 3 rings (SSSR count). The van der Waals surface area contributed by atoms with Gasteiger partial charge in [0.25, 0.3) is 0 Å². The molecular weight excluding hydrogens is 372 g/mol. The SMILES string of the molecule is CC(C)(C)c1ccccc1NC(=O)C1(C(=O)NCCc2cccc(Cl)c2)CC1. The van der Waals surface area contributed by atoms with Crippen molar-refractivity contribution in [1.29, 1.82) is 0 Å². The first kappa shape index (κ1) is 20.4. The van der Waals surface area contributed by atoms with Crippen molar-refractivity contribution in [3.8, 4) is 0 Å². The summed E-state index contributed by atoms with van der Waals surface area (Å²) in [7, 11) is 0. The summed E-state index contributed by atoms with van der Waals surface area (Å²) < 4.78 is 0. The zero-order chi connectivity index (χ0) is 20.4. The summed E-state index contributed by atoms with van der Waals surface area (Å²) in [6.45, 7) is 6.79. The zero-order valence-electron chi connectivity index (χ0n) is 16.6. The van der Waals surface area contributed by atoms with Gasteiger partial charge >= 0.3 is 0 Å². The van der Waals surface area contributed by atoms with Crippen molar-refractivity contribution in [1.82, 2.24) is 5.32 Å². The van der Waals surface area contributed by atoms with Gasteiger partial charge in [-0.05, 0) is 54.0 Å². The smallest absolute Gasteiger partial charge is 0.240 e. The van der Waals surface area contributed by atoms with E-state index in [1.807, 2.05) is 48.5 Å². The van der Waals surface area contributed by atoms with E-state index in [2.05, 4.69) is 31.4 Å². The average molecular weight is 399 g/mol. The molecule has 1 aliphatic rings. The maximum Gasteiger partial charge on any atom is 0.240 e. The van der Waals surface area contributed by atoms with Gasteiger partial charge in [-0.25, -0.2) is 0 Å². The van der Waals surface area contributed by atoms with Crippen molar-refractivity contribution in [2.45, 2.75) is 45.4 Å². The van der Waals surface area contributed by atoms with Gasteiger partial charge in [0, 0.05) is 17.3 Å². The number of carbonyl (C=O) groups is 2. The van der Waals surface area contributed by atoms with Gasteiger partial charge in [0.05, 0.1) is 0 Å². The number of nitrogens with one attached hydrogen (secondary N) is 2. The largest absolute Gasteiger partial charge is 0.355 e. The lowest BCUT2D eigenvalue weighted by atomic mass is 9.85. The fourth-order valence-electron chi connectivity index (χ4n) is 3.35. The molecule has 0 unspecified atom stereocenters. The van der Waals surface area contributed by atoms with Gasteiger partial charge in [0.2, 0.25) is 11.8 Å². The lowest BCUT2D eigenvalue weighted by Crippen LogP contribution is -2.41. The molecule has 0 saturated heterocycles. The Morgan fingerprint density at radius 3 is 2.39 bits per heavy atom. The van der Waals surface area contributed by atoms with Crippen molar-refractivity contribution in [3.63, 3.8) is 0 Å². The van der Waals surface area contributed by atoms with E-state index in [0.29, 0.717) is 30.8 Å². The molecule has 4 nitrogen and oxygen atoms in total. The summed E-state index contributed by atoms with van der Waals surface area (Å²) in [5.74, 6) is -0.412. The predicted molar refractivity (Wildman–Crippen MR) is 114 cm³/mol. The van der Waals surface area contributed by atoms with Crippen LogP contribution in [0.25, 0.3) is 0 Å². The molecule has 2 aromatic rings. The van der Waals surface area contributed by atoms with Crippen LogP contribution in [0, 0.1) is 5.41 Å². The number of anilines is 1. The van der Waals surface area contributed by atoms with Crippen LogP contribution in [-0.2, 0) is 21.4 Å². The Morgan fingerprint density at radius 2 is 1.75 bits per heavy atom. The van der Waals surface area contributed by atoms with Crippen LogP contribution in [0.15, 0.2) is 48.5 Å². The van der Waals surface area contributed by atoms with E-state index < -0.39 is 5.41 Å². The Bertz CT molecular complexity index is 882. The molecule has 2 amide bonds. The third kappa shape index (κ3) is 4.56. The van der Waals surface area contributed by atoms with Crippen LogP contribution in [0.1, 0.15) is 44.7 Å². The molecule has 148 valence electrons. The van der Waals surface area contributed by atoms with Gasteiger partial charge in [0.15, 0.2) is 0 Å². The van der Waals surface area contributed by atoms with Crippen LogP contribution in [0.3, 0.4) is 0 Å². The van der Waals surface area contributed by atoms with E-state index in [-0.39, 0.29) is 17.2 Å². The highest BCUT2D eigenvalue weighted by molar-refractivity contribution is 6.30. The minimum Gasteiger partial charge on any atom is -0.355 e. The third-order valence-corrected chi connectivity index (χ3v) is 5.43. The summed E-state index contributed by atoms with van der Waals surface area (Å²) in [5, 5.41) is 6.60. The number of rotatable bonds is 6. The fraction of sp³-hybridized carbons (Fsp3) is 0.391. The van der Waals surface area contributed by atoms with Crippen LogP contribution in [0.4, 0.5) is 5.69 Å². The normalized spacial score (nSPS) is 15.0. The molecule has 0 atom stereocenters. The van der Waals surface area contributed by atoms with Crippen molar-refractivity contribution < 1.29 is 9.59 Å². The summed E-state index contributed by atoms with van der Waals surface area (Å²) in [4.78, 5) is 25.6. The second kappa shape index (κ2) is 7.96. The zero-order valence-corrected chi connectivity index (χ0v) is 17.4. The maximum atomic E-state index is 12.9. The molecule has 5 heteroatoms. The molecule has 0 spiro atoms. The molecule has 1 saturated carbocycles. The number of carbonyl (C=O) groups excluding carboxylic acids is 2. The first-order valence-electron chi connectivity index (χ1n) is 9.66. The monoisotopic (exact) mass is 398 g/mol. The minimum atomic E-state index is -0.945. The number of halogens is 1. The highest BCUT2D eigenvalue weighted by Gasteiger charge is 2.56. The molecule has 0 aliphatic heterocycles. The Morgan fingerprint density at radius 1 is 1.04 bits per heavy atom. The topological polar surface area (TPSA) is 58.2 Å². The van der Waals surface area contributed by atoms with Crippen molar-refractivity contribution in [2.75, 3.05) is 11.9 Å². The second-order valence-electron chi connectivity index (χ2n) is 8.47. The molecule has 0 bridgehead atoms. The molecule has 1 aliphatic carbocycles. The standard InChI is InChI=1S/C23H27ClN2O2/c1-22(2,3)18-9-4-5-10-19(18)26-21(28)23(12-13-23)20(27)25-14-11-16-7-6-8-17(24)15-16/h4-10,15H,11-14H2,1-3H3,(H,25,27)(H,26,28). The Kier molecular flexibility index (Phi) is 5.80. The molecule has 0 heterocycles. The summed E-state index contributed by atoms with van der Waals surface area (Å²) in [5.41, 5.74) is 1.85. The van der Waals surface area contributed by atoms with Crippen LogP contribution in [-0.4, -0.2) is 18.4 Å². The van der Waals surface area contributed by atoms with Gasteiger partial charge in [-0.1, -0.05) is 62.7 Å². The minimum absolute atomic E-state index is 0.0974. The highest BCUT2D eigenvalue weighted by Crippen LogP contribution is 2.47. The van der Waals surface area contributed by atoms with Crippen molar-refractivity contribution in [2.24, 2.45) is 5.41 Å². The van der Waals surface area contributed by atoms with Crippen LogP contribution in [0.5, 0.6) is 0 Å². The number of benzene rings is 2. The predicted octanol–water partition coefficient (Wildman–Crippen LogP) is 4.72. The molecule has 0 radical (unpaired) electrons. The van der Waals surface area contributed by atoms with Crippen LogP contribution < -0.4 is 10.6 Å². The maximum absolute atomic E-state index is 12.9. The number of hydrogen-bond acceptors (Lipinski definition) is 2. The highest BCUT2D eigenvalue weighted by atomic mass is 35.5. The first-order valence-corrected chi connectivity index (χ1v) is 10.0. The third-order valence-electron chi connectivity index (χ3n) is 5.19. The summed E-state index contributed by atoms with van der Waals surface area (Å²) in [6, 6.07) is 15.3. The molecule has 28 heavy (non-hydrogen) atoms. The van der Waals surface area contributed by atoms with E-state index in [1.165, 1.54) is 0 Å². The van der Waals surface area contributed by atoms with Gasteiger partial charge in [-0.2, -0.15) is 0 Å². The average Bonchev–Trinajstić information content (AvgIpc) is 3.43. The van der Waals surface area contributed by atoms with Crippen LogP contribution in [0.2, 0.25) is 5.02 Å². The molecule has 0 aromatic heterocycles. The van der Waals surface area contributed by atoms with Crippen LogP contribution >= 0.6 is 11.6 Å². The number of para-hydroxylation sites is 1. The van der Waals surface area contributed by atoms with E-state index in [9.17, 15) is 9.59 Å². The number of amides is 2. The second-order valence-corrected chi connectivity index (χ2v) is 8.90. The van der Waals surface area contributed by atoms with Crippen molar-refractivity contribution in [3.05, 3.63) is 64.7 Å². The Balaban J connectivity index is 1.62. The van der Waals surface area contributed by atoms with E-state index in [1.54, 1.807) is 0 Å². The molecule has 2 aromatic carbocycles. The van der Waals surface area contributed by atoms with Gasteiger partial charge in [-0.3, -0.25) is 9.59 Å². The summed E-state index contributed by atoms with van der Waals surface area (Å²) in [6.07, 6.45) is 1.84. The lowest BCUT2D eigenvalue weighted by Gasteiger charge is -2.24. The van der Waals surface area contributed by atoms with Crippen molar-refractivity contribution >= 4 is 29.1 Å². The quantitative estimate of drug-likeness (QED) is 0.692. The van der Waals surface area contributed by atoms with E-state index in [4.69, 9.17) is 11.6 Å². The van der Waals surface area contributed by atoms with Gasteiger partial charge < -0.3 is 10.6 Å². The molecule has 2 N–H and O–H groups in total. The molecular formula is C23H27ClN2O2. The summed E-state index contributed by atoms with van der Waals surface area (Å²) >= 11 is 5.99.